The third-order valence-corrected chi connectivity index (χ3v) is 3.75. The van der Waals surface area contributed by atoms with E-state index in [4.69, 9.17) is 16.4 Å². The van der Waals surface area contributed by atoms with Crippen molar-refractivity contribution in [3.05, 3.63) is 70.2 Å². The molecule has 0 saturated carbocycles. The number of ether oxygens (including phenoxy) is 1. The summed E-state index contributed by atoms with van der Waals surface area (Å²) in [5, 5.41) is 7.21. The molecule has 136 valence electrons. The molecule has 0 aromatic heterocycles. The summed E-state index contributed by atoms with van der Waals surface area (Å²) in [6.07, 6.45) is 0.720. The number of rotatable bonds is 7. The molecule has 1 atom stereocenters. The van der Waals surface area contributed by atoms with Crippen molar-refractivity contribution in [1.82, 2.24) is 5.32 Å². The highest BCUT2D eigenvalue weighted by Crippen LogP contribution is 2.09. The Morgan fingerprint density at radius 2 is 1.81 bits per heavy atom. The average molecular weight is 375 g/mol. The topological polar surface area (TPSA) is 77.0 Å². The highest BCUT2D eigenvalue weighted by Gasteiger charge is 2.13. The molecule has 1 amide bonds. The summed E-state index contributed by atoms with van der Waals surface area (Å²) in [6, 6.07) is 13.8. The predicted octanol–water partition coefficient (Wildman–Crippen LogP) is 3.18. The molecule has 2 aromatic carbocycles. The van der Waals surface area contributed by atoms with Crippen LogP contribution in [0, 0.1) is 0 Å². The van der Waals surface area contributed by atoms with Gasteiger partial charge in [0, 0.05) is 11.6 Å². The van der Waals surface area contributed by atoms with Crippen LogP contribution in [0.15, 0.2) is 53.7 Å². The second-order valence-corrected chi connectivity index (χ2v) is 5.88. The van der Waals surface area contributed by atoms with Crippen molar-refractivity contribution in [3.63, 3.8) is 0 Å². The van der Waals surface area contributed by atoms with E-state index in [-0.39, 0.29) is 5.91 Å². The first kappa shape index (κ1) is 19.5. The average Bonchev–Trinajstić information content (AvgIpc) is 2.67. The SMILES string of the molecule is COC(=O)c1ccc(/C=N/OC(C)C(=O)NCc2ccc(Cl)cc2)cc1. The van der Waals surface area contributed by atoms with Crippen LogP contribution in [0.2, 0.25) is 5.02 Å². The number of hydrogen-bond donors (Lipinski definition) is 1. The van der Waals surface area contributed by atoms with Gasteiger partial charge >= 0.3 is 5.97 Å². The Morgan fingerprint density at radius 3 is 2.42 bits per heavy atom. The maximum atomic E-state index is 12.0. The summed E-state index contributed by atoms with van der Waals surface area (Å²) in [6.45, 7) is 1.98. The molecule has 0 aliphatic rings. The van der Waals surface area contributed by atoms with E-state index in [0.717, 1.165) is 11.1 Å². The minimum atomic E-state index is -0.743. The van der Waals surface area contributed by atoms with Gasteiger partial charge in [0.25, 0.3) is 5.91 Å². The molecule has 1 unspecified atom stereocenters. The molecule has 2 rings (SSSR count). The number of nitrogens with one attached hydrogen (secondary N) is 1. The van der Waals surface area contributed by atoms with Crippen molar-refractivity contribution in [2.45, 2.75) is 19.6 Å². The van der Waals surface area contributed by atoms with Crippen molar-refractivity contribution in [1.29, 1.82) is 0 Å². The Bertz CT molecular complexity index is 773. The molecular weight excluding hydrogens is 356 g/mol. The monoisotopic (exact) mass is 374 g/mol. The van der Waals surface area contributed by atoms with Gasteiger partial charge in [-0.05, 0) is 42.3 Å². The van der Waals surface area contributed by atoms with E-state index in [1.165, 1.54) is 13.3 Å². The Morgan fingerprint density at radius 1 is 1.15 bits per heavy atom. The maximum Gasteiger partial charge on any atom is 0.337 e. The number of halogens is 1. The van der Waals surface area contributed by atoms with E-state index in [1.54, 1.807) is 43.3 Å². The van der Waals surface area contributed by atoms with Crippen LogP contribution >= 0.6 is 11.6 Å². The zero-order valence-electron chi connectivity index (χ0n) is 14.4. The van der Waals surface area contributed by atoms with Crippen LogP contribution in [0.5, 0.6) is 0 Å². The summed E-state index contributed by atoms with van der Waals surface area (Å²) < 4.78 is 4.63. The minimum Gasteiger partial charge on any atom is -0.465 e. The normalized spacial score (nSPS) is 11.8. The number of nitrogens with zero attached hydrogens (tertiary/aromatic N) is 1. The van der Waals surface area contributed by atoms with Crippen molar-refractivity contribution in [2.75, 3.05) is 7.11 Å². The highest BCUT2D eigenvalue weighted by molar-refractivity contribution is 6.30. The van der Waals surface area contributed by atoms with Gasteiger partial charge in [0.05, 0.1) is 18.9 Å². The van der Waals surface area contributed by atoms with Crippen LogP contribution < -0.4 is 5.32 Å². The van der Waals surface area contributed by atoms with Gasteiger partial charge in [0.2, 0.25) is 6.10 Å². The highest BCUT2D eigenvalue weighted by atomic mass is 35.5. The minimum absolute atomic E-state index is 0.280. The molecule has 0 heterocycles. The number of amides is 1. The first-order chi connectivity index (χ1) is 12.5. The number of oxime groups is 1. The van der Waals surface area contributed by atoms with Crippen molar-refractivity contribution in [3.8, 4) is 0 Å². The second-order valence-electron chi connectivity index (χ2n) is 5.44. The lowest BCUT2D eigenvalue weighted by molar-refractivity contribution is -0.131. The standard InChI is InChI=1S/C19H19ClN2O4/c1-13(18(23)21-11-14-5-9-17(20)10-6-14)26-22-12-15-3-7-16(8-4-15)19(24)25-2/h3-10,12-13H,11H2,1-2H3,(H,21,23)/b22-12+. The Hall–Kier alpha value is -2.86. The maximum absolute atomic E-state index is 12.0. The van der Waals surface area contributed by atoms with Crippen LogP contribution in [-0.4, -0.2) is 31.3 Å². The summed E-state index contributed by atoms with van der Waals surface area (Å²) in [5.41, 5.74) is 2.11. The smallest absolute Gasteiger partial charge is 0.337 e. The van der Waals surface area contributed by atoms with Gasteiger partial charge in [-0.25, -0.2) is 4.79 Å². The number of esters is 1. The van der Waals surface area contributed by atoms with Crippen molar-refractivity contribution >= 4 is 29.7 Å². The Balaban J connectivity index is 1.80. The number of benzene rings is 2. The zero-order valence-corrected chi connectivity index (χ0v) is 15.2. The van der Waals surface area contributed by atoms with Gasteiger partial charge in [-0.1, -0.05) is 41.0 Å². The van der Waals surface area contributed by atoms with Gasteiger partial charge in [-0.3, -0.25) is 4.79 Å². The van der Waals surface area contributed by atoms with Gasteiger partial charge in [-0.2, -0.15) is 0 Å². The largest absolute Gasteiger partial charge is 0.465 e. The fourth-order valence-corrected chi connectivity index (χ4v) is 2.11. The Kier molecular flexibility index (Phi) is 7.17. The van der Waals surface area contributed by atoms with Gasteiger partial charge in [-0.15, -0.1) is 0 Å². The molecule has 0 aliphatic carbocycles. The van der Waals surface area contributed by atoms with Crippen molar-refractivity contribution < 1.29 is 19.2 Å². The molecule has 6 nitrogen and oxygen atoms in total. The van der Waals surface area contributed by atoms with E-state index in [1.807, 2.05) is 12.1 Å². The third kappa shape index (κ3) is 5.89. The van der Waals surface area contributed by atoms with Gasteiger partial charge in [0.1, 0.15) is 0 Å². The molecule has 0 aliphatic heterocycles. The molecule has 0 radical (unpaired) electrons. The zero-order chi connectivity index (χ0) is 18.9. The van der Waals surface area contributed by atoms with Crippen LogP contribution in [0.1, 0.15) is 28.4 Å². The molecule has 26 heavy (non-hydrogen) atoms. The summed E-state index contributed by atoms with van der Waals surface area (Å²) in [7, 11) is 1.32. The summed E-state index contributed by atoms with van der Waals surface area (Å²) >= 11 is 5.82. The fourth-order valence-electron chi connectivity index (χ4n) is 1.99. The summed E-state index contributed by atoms with van der Waals surface area (Å²) in [4.78, 5) is 28.5. The van der Waals surface area contributed by atoms with Crippen LogP contribution in [0.25, 0.3) is 0 Å². The third-order valence-electron chi connectivity index (χ3n) is 3.50. The second kappa shape index (κ2) is 9.58. The van der Waals surface area contributed by atoms with E-state index in [0.29, 0.717) is 17.1 Å². The molecular formula is C19H19ClN2O4. The van der Waals surface area contributed by atoms with Crippen molar-refractivity contribution in [2.24, 2.45) is 5.16 Å². The lowest BCUT2D eigenvalue weighted by Gasteiger charge is -2.10. The van der Waals surface area contributed by atoms with Crippen LogP contribution in [-0.2, 0) is 20.9 Å². The molecule has 1 N–H and O–H groups in total. The quantitative estimate of drug-likeness (QED) is 0.458. The lowest BCUT2D eigenvalue weighted by atomic mass is 10.1. The number of carbonyl (C=O) groups is 2. The first-order valence-corrected chi connectivity index (χ1v) is 8.27. The van der Waals surface area contributed by atoms with Gasteiger partial charge in [0.15, 0.2) is 0 Å². The fraction of sp³-hybridized carbons (Fsp3) is 0.211. The van der Waals surface area contributed by atoms with Crippen LogP contribution in [0.4, 0.5) is 0 Å². The predicted molar refractivity (Wildman–Crippen MR) is 99.2 cm³/mol. The molecule has 0 fully saturated rings. The molecule has 2 aromatic rings. The number of carbonyl (C=O) groups excluding carboxylic acids is 2. The van der Waals surface area contributed by atoms with E-state index < -0.39 is 12.1 Å². The van der Waals surface area contributed by atoms with E-state index >= 15 is 0 Å². The summed E-state index contributed by atoms with van der Waals surface area (Å²) in [5.74, 6) is -0.686. The number of methoxy groups -OCH3 is 1. The van der Waals surface area contributed by atoms with E-state index in [9.17, 15) is 9.59 Å². The molecule has 0 spiro atoms. The molecule has 0 bridgehead atoms. The molecule has 7 heteroatoms. The molecule has 0 saturated heterocycles. The van der Waals surface area contributed by atoms with Crippen LogP contribution in [0.3, 0.4) is 0 Å². The van der Waals surface area contributed by atoms with Gasteiger partial charge < -0.3 is 14.9 Å². The Labute approximate surface area is 156 Å². The first-order valence-electron chi connectivity index (χ1n) is 7.89. The lowest BCUT2D eigenvalue weighted by Crippen LogP contribution is -2.33. The van der Waals surface area contributed by atoms with E-state index in [2.05, 4.69) is 15.2 Å². The number of hydrogen-bond acceptors (Lipinski definition) is 5.